The molecule has 13 atom stereocenters. The minimum Gasteiger partial charge on any atom is -0.481 e. The minimum absolute atomic E-state index is 0.0255. The monoisotopic (exact) mass is 1760 g/mol. The van der Waals surface area contributed by atoms with Gasteiger partial charge in [0.2, 0.25) is 76.8 Å². The molecule has 5 rings (SSSR count). The van der Waals surface area contributed by atoms with Crippen molar-refractivity contribution in [2.24, 2.45) is 11.7 Å². The van der Waals surface area contributed by atoms with Crippen molar-refractivity contribution in [3.05, 3.63) is 84.1 Å². The van der Waals surface area contributed by atoms with E-state index in [4.69, 9.17) is 16.2 Å². The number of ether oxygens (including phenoxy) is 1. The van der Waals surface area contributed by atoms with Crippen LogP contribution in [0.25, 0.3) is 10.9 Å². The first-order chi connectivity index (χ1) is 59.4. The molecule has 1 aliphatic heterocycles. The largest absolute Gasteiger partial charge is 0.481 e. The number of hydrogen-bond acceptors (Lipinski definition) is 25. The second-order valence-corrected chi connectivity index (χ2v) is 29.8. The summed E-state index contributed by atoms with van der Waals surface area (Å²) >= 11 is 0. The predicted molar refractivity (Wildman–Crippen MR) is 439 cm³/mol. The Morgan fingerprint density at radius 1 is 0.552 bits per heavy atom. The number of amides is 15. The first-order valence-corrected chi connectivity index (χ1v) is 40.6. The topological polar surface area (TPSA) is 729 Å². The van der Waals surface area contributed by atoms with Gasteiger partial charge in [0.15, 0.2) is 5.78 Å². The number of carbonyl (C=O) groups excluding carboxylic acids is 16. The van der Waals surface area contributed by atoms with Gasteiger partial charge in [-0.1, -0.05) is 102 Å². The molecule has 1 fully saturated rings. The molecule has 1 saturated heterocycles. The normalized spacial score (nSPS) is 20.4. The van der Waals surface area contributed by atoms with E-state index in [2.05, 4.69) is 85.7 Å². The number of aliphatic carboxylic acids is 4. The number of para-hydroxylation sites is 2. The number of imidazole rings is 1. The lowest BCUT2D eigenvalue weighted by atomic mass is 9.96. The summed E-state index contributed by atoms with van der Waals surface area (Å²) in [5, 5.41) is 85.0. The number of H-pyrrole nitrogens is 2. The number of ketones is 1. The summed E-state index contributed by atoms with van der Waals surface area (Å²) in [5.41, 5.74) is 12.4. The number of anilines is 1. The van der Waals surface area contributed by atoms with Crippen molar-refractivity contribution >= 4 is 135 Å². The van der Waals surface area contributed by atoms with Crippen LogP contribution < -0.4 is 91.2 Å². The molecule has 0 saturated carbocycles. The van der Waals surface area contributed by atoms with Crippen molar-refractivity contribution in [2.75, 3.05) is 38.5 Å². The van der Waals surface area contributed by atoms with E-state index in [1.54, 1.807) is 30.5 Å². The molecule has 13 unspecified atom stereocenters. The number of nitrogens with zero attached hydrogens (tertiary/aromatic N) is 1. The fraction of sp³-hybridized carbons (Fsp3) is 0.532. The van der Waals surface area contributed by atoms with E-state index in [1.807, 2.05) is 16.0 Å². The van der Waals surface area contributed by atoms with Crippen LogP contribution in [0.4, 0.5) is 10.5 Å². The SMILES string of the molecule is CCCCCCCCCCCCNC(=O)NC(Cc1c[nH]c2ccccc12)C(=O)NC(CC(N)=O)C(=O)NC(CC(=O)O)C(=O)NC1C(=O)NCC(=O)NC(CCCNCc2ncc[nH]2)C(=O)NC(CC(=O)O)C(=O)NC(C)C(=O)NC(CC(=O)O)C(=O)NCC(=O)NC(CO)C(=O)NC(C(C)CC(=O)O)C(=O)NC(CC(=O)c2ccccc2N)C(=O)OC1C. The summed E-state index contributed by atoms with van der Waals surface area (Å²) in [4.78, 5) is 286. The average molecular weight is 1760 g/mol. The van der Waals surface area contributed by atoms with Crippen LogP contribution in [0.2, 0.25) is 0 Å². The molecule has 4 aromatic rings. The van der Waals surface area contributed by atoms with Crippen LogP contribution in [0.1, 0.15) is 165 Å². The third kappa shape index (κ3) is 36.1. The number of nitrogen functional groups attached to an aromatic ring is 1. The Bertz CT molecular complexity index is 4450. The van der Waals surface area contributed by atoms with Gasteiger partial charge in [-0.15, -0.1) is 0 Å². The van der Waals surface area contributed by atoms with Gasteiger partial charge in [-0.05, 0) is 69.3 Å². The predicted octanol–water partition coefficient (Wildman–Crippen LogP) is -4.10. The highest BCUT2D eigenvalue weighted by molar-refractivity contribution is 6.05. The van der Waals surface area contributed by atoms with Gasteiger partial charge in [0.25, 0.3) is 0 Å². The second kappa shape index (κ2) is 52.6. The molecular weight excluding hydrogens is 1640 g/mol. The summed E-state index contributed by atoms with van der Waals surface area (Å²) in [6.07, 6.45) is 4.74. The molecule has 46 nitrogen and oxygen atoms in total. The fourth-order valence-electron chi connectivity index (χ4n) is 13.0. The Labute approximate surface area is 716 Å². The fourth-order valence-corrected chi connectivity index (χ4v) is 13.0. The lowest BCUT2D eigenvalue weighted by molar-refractivity contribution is -0.156. The number of nitrogens with two attached hydrogens (primary N) is 2. The van der Waals surface area contributed by atoms with Crippen molar-refractivity contribution in [1.29, 1.82) is 0 Å². The third-order valence-corrected chi connectivity index (χ3v) is 19.6. The number of hydrogen-bond donors (Lipinski definition) is 24. The maximum Gasteiger partial charge on any atom is 0.329 e. The van der Waals surface area contributed by atoms with Crippen LogP contribution in [-0.4, -0.2) is 264 Å². The quantitative estimate of drug-likeness (QED) is 0.00869. The van der Waals surface area contributed by atoms with Crippen LogP contribution in [0.5, 0.6) is 0 Å². The molecule has 26 N–H and O–H groups in total. The summed E-state index contributed by atoms with van der Waals surface area (Å²) < 4.78 is 5.73. The van der Waals surface area contributed by atoms with E-state index in [9.17, 15) is 121 Å². The number of carboxylic acid groups (broad SMARTS) is 4. The molecular formula is C79H112N20O26. The number of carbonyl (C=O) groups is 20. The van der Waals surface area contributed by atoms with E-state index in [1.165, 1.54) is 49.5 Å². The van der Waals surface area contributed by atoms with Gasteiger partial charge in [0.1, 0.15) is 78.4 Å². The Morgan fingerprint density at radius 3 is 1.72 bits per heavy atom. The number of aromatic nitrogens is 3. The molecule has 0 spiro atoms. The summed E-state index contributed by atoms with van der Waals surface area (Å²) in [6, 6.07) is -11.6. The number of primary amides is 1. The van der Waals surface area contributed by atoms with Crippen molar-refractivity contribution in [2.45, 2.75) is 229 Å². The average Bonchev–Trinajstić information content (AvgIpc) is 1.22. The van der Waals surface area contributed by atoms with E-state index in [0.29, 0.717) is 28.7 Å². The van der Waals surface area contributed by atoms with Gasteiger partial charge < -0.3 is 131 Å². The zero-order chi connectivity index (χ0) is 92.4. The third-order valence-electron chi connectivity index (χ3n) is 19.6. The number of cyclic esters (lactones) is 1. The second-order valence-electron chi connectivity index (χ2n) is 29.8. The molecule has 15 amide bonds. The molecule has 125 heavy (non-hydrogen) atoms. The van der Waals surface area contributed by atoms with Gasteiger partial charge in [-0.3, -0.25) is 86.3 Å². The number of aliphatic hydroxyl groups is 1. The van der Waals surface area contributed by atoms with E-state index < -0.39 is 255 Å². The highest BCUT2D eigenvalue weighted by atomic mass is 16.5. The van der Waals surface area contributed by atoms with Crippen LogP contribution in [0.3, 0.4) is 0 Å². The van der Waals surface area contributed by atoms with Crippen LogP contribution >= 0.6 is 0 Å². The Hall–Kier alpha value is -13.7. The summed E-state index contributed by atoms with van der Waals surface area (Å²) in [5.74, 6) is -28.8. The van der Waals surface area contributed by atoms with Crippen molar-refractivity contribution in [3.8, 4) is 0 Å². The molecule has 3 heterocycles. The van der Waals surface area contributed by atoms with Gasteiger partial charge in [-0.2, -0.15) is 0 Å². The Balaban J connectivity index is 1.59. The first kappa shape index (κ1) is 102. The number of benzene rings is 2. The summed E-state index contributed by atoms with van der Waals surface area (Å²) in [7, 11) is 0. The Morgan fingerprint density at radius 2 is 1.11 bits per heavy atom. The van der Waals surface area contributed by atoms with E-state index in [0.717, 1.165) is 65.7 Å². The lowest BCUT2D eigenvalue weighted by Crippen LogP contribution is -2.62. The first-order valence-electron chi connectivity index (χ1n) is 40.6. The smallest absolute Gasteiger partial charge is 0.329 e. The molecule has 2 aromatic carbocycles. The van der Waals surface area contributed by atoms with Crippen molar-refractivity contribution in [1.82, 2.24) is 94.7 Å². The number of urea groups is 1. The maximum absolute atomic E-state index is 15.0. The molecule has 0 bridgehead atoms. The molecule has 684 valence electrons. The summed E-state index contributed by atoms with van der Waals surface area (Å²) in [6.45, 7) is 1.76. The molecule has 46 heteroatoms. The number of Topliss-reactive ketones (excluding diaryl/α,β-unsaturated/α-hetero) is 1. The number of unbranched alkanes of at least 4 members (excludes halogenated alkanes) is 9. The van der Waals surface area contributed by atoms with Crippen molar-refractivity contribution in [3.63, 3.8) is 0 Å². The van der Waals surface area contributed by atoms with E-state index >= 15 is 0 Å². The zero-order valence-corrected chi connectivity index (χ0v) is 69.4. The van der Waals surface area contributed by atoms with E-state index in [-0.39, 0.29) is 50.1 Å². The number of carboxylic acids is 4. The zero-order valence-electron chi connectivity index (χ0n) is 69.4. The molecule has 2 aromatic heterocycles. The van der Waals surface area contributed by atoms with Gasteiger partial charge in [0, 0.05) is 60.1 Å². The van der Waals surface area contributed by atoms with Crippen LogP contribution in [0, 0.1) is 5.92 Å². The van der Waals surface area contributed by atoms with Gasteiger partial charge in [0.05, 0.1) is 58.3 Å². The van der Waals surface area contributed by atoms with Crippen molar-refractivity contribution < 1.29 is 126 Å². The highest BCUT2D eigenvalue weighted by Crippen LogP contribution is 2.22. The number of fused-ring (bicyclic) bond motifs is 1. The molecule has 1 aliphatic rings. The Kier molecular flexibility index (Phi) is 42.9. The standard InChI is InChI=1S/C79H112N20O26/c1-5-6-7-8-9-10-11-12-13-18-26-85-79(124)97-50(30-44-36-86-48-23-17-15-20-45(44)48)72(117)93-51(32-58(81)102)73(118)95-54(35-65(111)112)74(119)99-67-43(4)125-78(123)55(31-57(101)46-21-14-16-22-47(46)80)96-77(122)66(41(2)29-62(105)106)98-75(120)56(40-100)91-61(104)38-87-69(114)52(33-63(107)108)92-68(113)42(3)89-71(116)53(34-64(109)110)94-70(115)49(90-60(103)39-88-76(67)121)24-19-25-82-37-59-83-27-28-84-59/h14-17,20-23,27-28,36,41-43,49-56,66-67,82,86,100H,5-13,18-19,24-26,29-35,37-40,80H2,1-4H3,(H2,81,102)(H,83,84)(H,87,114)(H,88,121)(H,89,116)(H,90,103)(H,91,104)(H,92,113)(H,93,117)(H,94,115)(H,95,118)(H,96,122)(H,98,120)(H,99,119)(H,105,106)(H,107,108)(H,109,110)(H,111,112)(H2,85,97,124). The highest BCUT2D eigenvalue weighted by Gasteiger charge is 2.41. The number of aromatic amines is 2. The van der Waals surface area contributed by atoms with Crippen LogP contribution in [-0.2, 0) is 104 Å². The molecule has 0 aliphatic carbocycles. The minimum atomic E-state index is -2.47. The van der Waals surface area contributed by atoms with Gasteiger partial charge in [-0.25, -0.2) is 14.6 Å². The van der Waals surface area contributed by atoms with Gasteiger partial charge >= 0.3 is 35.9 Å². The lowest BCUT2D eigenvalue weighted by Gasteiger charge is -2.30. The number of esters is 1. The number of nitrogens with one attached hydrogen (secondary N) is 17. The van der Waals surface area contributed by atoms with Crippen LogP contribution in [0.15, 0.2) is 67.1 Å². The number of aliphatic hydroxyl groups excluding tert-OH is 1. The number of rotatable bonds is 41. The maximum atomic E-state index is 15.0. The molecule has 0 radical (unpaired) electrons.